The standard InChI is InChI=1S/C25H21FN2O4S/c26-17-8-10-18(11-9-17)28-33(31,32)19-12-13-23-22(14-19)20-2-1-3-21(20)24(27-23)15-4-6-16(7-5-15)25(29)30/h1-2,4-14,20-21,24,27-28H,3H2,(H,29,30). The fourth-order valence-corrected chi connectivity index (χ4v) is 5.73. The Morgan fingerprint density at radius 1 is 1.03 bits per heavy atom. The van der Waals surface area contributed by atoms with Crippen LogP contribution in [0.4, 0.5) is 15.8 Å². The zero-order valence-corrected chi connectivity index (χ0v) is 18.2. The summed E-state index contributed by atoms with van der Waals surface area (Å²) in [5, 5.41) is 12.7. The summed E-state index contributed by atoms with van der Waals surface area (Å²) in [4.78, 5) is 11.3. The summed E-state index contributed by atoms with van der Waals surface area (Å²) in [7, 11) is -3.85. The Hall–Kier alpha value is -3.65. The number of allylic oxidation sites excluding steroid dienone is 2. The highest BCUT2D eigenvalue weighted by Gasteiger charge is 2.38. The number of nitrogens with one attached hydrogen (secondary N) is 2. The lowest BCUT2D eigenvalue weighted by Gasteiger charge is -2.37. The molecule has 3 atom stereocenters. The van der Waals surface area contributed by atoms with E-state index in [0.29, 0.717) is 0 Å². The molecule has 0 spiro atoms. The van der Waals surface area contributed by atoms with Crippen LogP contribution in [0.25, 0.3) is 0 Å². The first-order valence-corrected chi connectivity index (χ1v) is 12.0. The molecule has 8 heteroatoms. The third-order valence-electron chi connectivity index (χ3n) is 6.26. The number of rotatable bonds is 5. The summed E-state index contributed by atoms with van der Waals surface area (Å²) in [6.07, 6.45) is 5.03. The number of carboxylic acid groups (broad SMARTS) is 1. The molecule has 0 fully saturated rings. The van der Waals surface area contributed by atoms with Crippen LogP contribution in [0.1, 0.15) is 39.9 Å². The van der Waals surface area contributed by atoms with Gasteiger partial charge >= 0.3 is 5.97 Å². The summed E-state index contributed by atoms with van der Waals surface area (Å²) >= 11 is 0. The van der Waals surface area contributed by atoms with E-state index in [9.17, 15) is 17.6 Å². The lowest BCUT2D eigenvalue weighted by molar-refractivity contribution is 0.0697. The number of aromatic carboxylic acids is 1. The van der Waals surface area contributed by atoms with Gasteiger partial charge in [-0.15, -0.1) is 0 Å². The second kappa shape index (κ2) is 8.04. The molecule has 0 radical (unpaired) electrons. The van der Waals surface area contributed by atoms with Crippen molar-refractivity contribution in [1.82, 2.24) is 0 Å². The fourth-order valence-electron chi connectivity index (χ4n) is 4.63. The van der Waals surface area contributed by atoms with Crippen molar-refractivity contribution in [2.24, 2.45) is 5.92 Å². The molecule has 3 aromatic carbocycles. The normalized spacial score (nSPS) is 21.1. The Kier molecular flexibility index (Phi) is 5.17. The molecule has 0 amide bonds. The molecule has 5 rings (SSSR count). The zero-order chi connectivity index (χ0) is 23.2. The smallest absolute Gasteiger partial charge is 0.335 e. The summed E-state index contributed by atoms with van der Waals surface area (Å²) in [5.41, 5.74) is 3.25. The number of sulfonamides is 1. The average molecular weight is 465 g/mol. The molecule has 33 heavy (non-hydrogen) atoms. The van der Waals surface area contributed by atoms with Gasteiger partial charge in [-0.05, 0) is 78.1 Å². The molecule has 1 heterocycles. The van der Waals surface area contributed by atoms with Gasteiger partial charge in [0.05, 0.1) is 16.5 Å². The summed E-state index contributed by atoms with van der Waals surface area (Å²) < 4.78 is 41.5. The van der Waals surface area contributed by atoms with Gasteiger partial charge < -0.3 is 10.4 Å². The second-order valence-electron chi connectivity index (χ2n) is 8.26. The monoisotopic (exact) mass is 464 g/mol. The molecule has 0 saturated carbocycles. The van der Waals surface area contributed by atoms with Crippen LogP contribution in [0.3, 0.4) is 0 Å². The van der Waals surface area contributed by atoms with Crippen LogP contribution < -0.4 is 10.0 Å². The number of halogens is 1. The largest absolute Gasteiger partial charge is 0.478 e. The average Bonchev–Trinajstić information content (AvgIpc) is 3.30. The van der Waals surface area contributed by atoms with E-state index < -0.39 is 21.8 Å². The van der Waals surface area contributed by atoms with Gasteiger partial charge in [0.2, 0.25) is 0 Å². The predicted molar refractivity (Wildman–Crippen MR) is 123 cm³/mol. The highest BCUT2D eigenvalue weighted by Crippen LogP contribution is 2.50. The lowest BCUT2D eigenvalue weighted by Crippen LogP contribution is -2.29. The quantitative estimate of drug-likeness (QED) is 0.454. The maximum atomic E-state index is 13.1. The Morgan fingerprint density at radius 2 is 1.76 bits per heavy atom. The molecule has 6 nitrogen and oxygen atoms in total. The van der Waals surface area contributed by atoms with Crippen molar-refractivity contribution >= 4 is 27.4 Å². The van der Waals surface area contributed by atoms with Crippen molar-refractivity contribution in [1.29, 1.82) is 0 Å². The number of carbonyl (C=O) groups is 1. The maximum Gasteiger partial charge on any atom is 0.335 e. The van der Waals surface area contributed by atoms with Gasteiger partial charge in [-0.1, -0.05) is 24.3 Å². The van der Waals surface area contributed by atoms with Crippen molar-refractivity contribution in [3.8, 4) is 0 Å². The third-order valence-corrected chi connectivity index (χ3v) is 7.64. The Balaban J connectivity index is 1.46. The molecular formula is C25H21FN2O4S. The van der Waals surface area contributed by atoms with E-state index in [-0.39, 0.29) is 34.0 Å². The Morgan fingerprint density at radius 3 is 2.45 bits per heavy atom. The van der Waals surface area contributed by atoms with Gasteiger partial charge in [0, 0.05) is 17.3 Å². The van der Waals surface area contributed by atoms with Gasteiger partial charge in [0.1, 0.15) is 5.82 Å². The van der Waals surface area contributed by atoms with Gasteiger partial charge in [-0.2, -0.15) is 0 Å². The van der Waals surface area contributed by atoms with Crippen LogP contribution in [0.15, 0.2) is 83.8 Å². The van der Waals surface area contributed by atoms with Crippen LogP contribution in [-0.2, 0) is 10.0 Å². The molecule has 3 aromatic rings. The summed E-state index contributed by atoms with van der Waals surface area (Å²) in [5.74, 6) is -1.20. The predicted octanol–water partition coefficient (Wildman–Crippen LogP) is 5.15. The number of hydrogen-bond donors (Lipinski definition) is 3. The third kappa shape index (κ3) is 3.98. The Labute approximate surface area is 190 Å². The summed E-state index contributed by atoms with van der Waals surface area (Å²) in [6, 6.07) is 17.0. The lowest BCUT2D eigenvalue weighted by atomic mass is 9.77. The number of benzene rings is 3. The fraction of sp³-hybridized carbons (Fsp3) is 0.160. The van der Waals surface area contributed by atoms with Gasteiger partial charge in [-0.3, -0.25) is 4.72 Å². The maximum absolute atomic E-state index is 13.1. The van der Waals surface area contributed by atoms with E-state index in [1.165, 1.54) is 24.3 Å². The van der Waals surface area contributed by atoms with E-state index in [1.54, 1.807) is 30.3 Å². The van der Waals surface area contributed by atoms with E-state index in [4.69, 9.17) is 5.11 Å². The Bertz CT molecular complexity index is 1350. The van der Waals surface area contributed by atoms with Crippen LogP contribution in [0.2, 0.25) is 0 Å². The van der Waals surface area contributed by atoms with E-state index >= 15 is 0 Å². The van der Waals surface area contributed by atoms with Crippen molar-refractivity contribution < 1.29 is 22.7 Å². The SMILES string of the molecule is O=C(O)c1ccc(C2Nc3ccc(S(=O)(=O)Nc4ccc(F)cc4)cc3C3C=CCC32)cc1. The number of fused-ring (bicyclic) bond motifs is 3. The minimum Gasteiger partial charge on any atom is -0.478 e. The van der Waals surface area contributed by atoms with Gasteiger partial charge in [0.15, 0.2) is 0 Å². The van der Waals surface area contributed by atoms with Gasteiger partial charge in [-0.25, -0.2) is 17.6 Å². The first-order chi connectivity index (χ1) is 15.8. The minimum absolute atomic E-state index is 0.0276. The van der Waals surface area contributed by atoms with Crippen molar-refractivity contribution in [2.75, 3.05) is 10.0 Å². The molecule has 0 bridgehead atoms. The van der Waals surface area contributed by atoms with Crippen molar-refractivity contribution in [3.63, 3.8) is 0 Å². The highest BCUT2D eigenvalue weighted by atomic mass is 32.2. The van der Waals surface area contributed by atoms with Crippen molar-refractivity contribution in [2.45, 2.75) is 23.3 Å². The second-order valence-corrected chi connectivity index (χ2v) is 9.95. The first-order valence-electron chi connectivity index (χ1n) is 10.5. The molecule has 3 N–H and O–H groups in total. The number of carboxylic acids is 1. The van der Waals surface area contributed by atoms with E-state index in [1.807, 2.05) is 12.1 Å². The van der Waals surface area contributed by atoms with Crippen LogP contribution in [-0.4, -0.2) is 19.5 Å². The molecule has 168 valence electrons. The van der Waals surface area contributed by atoms with Crippen LogP contribution in [0.5, 0.6) is 0 Å². The summed E-state index contributed by atoms with van der Waals surface area (Å²) in [6.45, 7) is 0. The molecule has 2 aliphatic rings. The zero-order valence-electron chi connectivity index (χ0n) is 17.4. The molecule has 1 aliphatic heterocycles. The van der Waals surface area contributed by atoms with Crippen LogP contribution >= 0.6 is 0 Å². The minimum atomic E-state index is -3.85. The van der Waals surface area contributed by atoms with Crippen LogP contribution in [0, 0.1) is 11.7 Å². The van der Waals surface area contributed by atoms with E-state index in [0.717, 1.165) is 23.2 Å². The van der Waals surface area contributed by atoms with E-state index in [2.05, 4.69) is 22.2 Å². The molecule has 1 aliphatic carbocycles. The van der Waals surface area contributed by atoms with Gasteiger partial charge in [0.25, 0.3) is 10.0 Å². The molecule has 3 unspecified atom stereocenters. The number of anilines is 2. The topological polar surface area (TPSA) is 95.5 Å². The first kappa shape index (κ1) is 21.2. The molecular weight excluding hydrogens is 443 g/mol. The molecule has 0 aromatic heterocycles. The molecule has 0 saturated heterocycles. The highest BCUT2D eigenvalue weighted by molar-refractivity contribution is 7.92. The number of hydrogen-bond acceptors (Lipinski definition) is 4. The van der Waals surface area contributed by atoms with Crippen molar-refractivity contribution in [3.05, 3.63) is 101 Å².